The van der Waals surface area contributed by atoms with Gasteiger partial charge in [-0.15, -0.1) is 0 Å². The molecular formula is C13H19N3O2. The minimum atomic E-state index is -0.123. The van der Waals surface area contributed by atoms with E-state index in [9.17, 15) is 4.79 Å². The van der Waals surface area contributed by atoms with Crippen molar-refractivity contribution in [1.82, 2.24) is 15.3 Å². The van der Waals surface area contributed by atoms with E-state index in [2.05, 4.69) is 15.3 Å². The molecule has 1 aromatic heterocycles. The van der Waals surface area contributed by atoms with Gasteiger partial charge < -0.3 is 10.1 Å². The average molecular weight is 249 g/mol. The van der Waals surface area contributed by atoms with Crippen LogP contribution in [-0.2, 0) is 4.74 Å². The summed E-state index contributed by atoms with van der Waals surface area (Å²) in [6.07, 6.45) is 2.07. The first-order valence-corrected chi connectivity index (χ1v) is 6.33. The molecule has 1 aromatic rings. The first-order chi connectivity index (χ1) is 8.65. The Morgan fingerprint density at radius 3 is 3.00 bits per heavy atom. The summed E-state index contributed by atoms with van der Waals surface area (Å²) in [5.41, 5.74) is 1.26. The van der Waals surface area contributed by atoms with Gasteiger partial charge in [-0.05, 0) is 38.7 Å². The summed E-state index contributed by atoms with van der Waals surface area (Å²) in [4.78, 5) is 20.2. The third-order valence-corrected chi connectivity index (χ3v) is 3.06. The molecule has 0 saturated carbocycles. The SMILES string of the molecule is Cc1cc(C(=O)NCC[C@@H]2CCOC2)nc(C)n1. The number of aryl methyl sites for hydroxylation is 2. The highest BCUT2D eigenvalue weighted by atomic mass is 16.5. The average Bonchev–Trinajstić information content (AvgIpc) is 2.80. The minimum absolute atomic E-state index is 0.123. The molecule has 0 spiro atoms. The molecule has 1 saturated heterocycles. The molecule has 5 heteroatoms. The van der Waals surface area contributed by atoms with Crippen LogP contribution in [0.2, 0.25) is 0 Å². The molecule has 98 valence electrons. The number of ether oxygens (including phenoxy) is 1. The molecule has 0 aliphatic carbocycles. The second-order valence-corrected chi connectivity index (χ2v) is 4.72. The number of carbonyl (C=O) groups is 1. The molecule has 1 aliphatic heterocycles. The topological polar surface area (TPSA) is 64.1 Å². The van der Waals surface area contributed by atoms with Gasteiger partial charge in [0.1, 0.15) is 11.5 Å². The molecule has 1 fully saturated rings. The molecule has 0 bridgehead atoms. The van der Waals surface area contributed by atoms with Crippen LogP contribution in [0.3, 0.4) is 0 Å². The van der Waals surface area contributed by atoms with Crippen LogP contribution in [0, 0.1) is 19.8 Å². The van der Waals surface area contributed by atoms with Gasteiger partial charge in [0.15, 0.2) is 0 Å². The molecule has 1 aliphatic rings. The van der Waals surface area contributed by atoms with Gasteiger partial charge in [0.2, 0.25) is 0 Å². The first-order valence-electron chi connectivity index (χ1n) is 6.33. The van der Waals surface area contributed by atoms with Crippen LogP contribution in [0.15, 0.2) is 6.07 Å². The fourth-order valence-corrected chi connectivity index (χ4v) is 2.12. The monoisotopic (exact) mass is 249 g/mol. The van der Waals surface area contributed by atoms with Crippen molar-refractivity contribution in [2.24, 2.45) is 5.92 Å². The fraction of sp³-hybridized carbons (Fsp3) is 0.615. The van der Waals surface area contributed by atoms with Crippen molar-refractivity contribution in [2.75, 3.05) is 19.8 Å². The van der Waals surface area contributed by atoms with Crippen LogP contribution in [0.25, 0.3) is 0 Å². The van der Waals surface area contributed by atoms with Crippen LogP contribution >= 0.6 is 0 Å². The maximum Gasteiger partial charge on any atom is 0.270 e. The van der Waals surface area contributed by atoms with Crippen molar-refractivity contribution in [3.05, 3.63) is 23.3 Å². The lowest BCUT2D eigenvalue weighted by atomic mass is 10.1. The molecule has 2 heterocycles. The largest absolute Gasteiger partial charge is 0.381 e. The lowest BCUT2D eigenvalue weighted by Crippen LogP contribution is -2.27. The zero-order chi connectivity index (χ0) is 13.0. The maximum atomic E-state index is 11.9. The van der Waals surface area contributed by atoms with E-state index in [1.54, 1.807) is 13.0 Å². The van der Waals surface area contributed by atoms with Gasteiger partial charge in [-0.25, -0.2) is 9.97 Å². The fourth-order valence-electron chi connectivity index (χ4n) is 2.12. The summed E-state index contributed by atoms with van der Waals surface area (Å²) in [5.74, 6) is 1.09. The summed E-state index contributed by atoms with van der Waals surface area (Å²) in [6.45, 7) is 6.00. The van der Waals surface area contributed by atoms with E-state index in [0.29, 0.717) is 24.0 Å². The number of nitrogens with zero attached hydrogens (tertiary/aromatic N) is 2. The lowest BCUT2D eigenvalue weighted by Gasteiger charge is -2.09. The molecule has 2 rings (SSSR count). The lowest BCUT2D eigenvalue weighted by molar-refractivity contribution is 0.0945. The second-order valence-electron chi connectivity index (χ2n) is 4.72. The van der Waals surface area contributed by atoms with E-state index in [4.69, 9.17) is 4.74 Å². The number of aromatic nitrogens is 2. The van der Waals surface area contributed by atoms with Crippen molar-refractivity contribution in [3.63, 3.8) is 0 Å². The van der Waals surface area contributed by atoms with Crippen molar-refractivity contribution in [2.45, 2.75) is 26.7 Å². The van der Waals surface area contributed by atoms with Gasteiger partial charge in [0.25, 0.3) is 5.91 Å². The van der Waals surface area contributed by atoms with Gasteiger partial charge in [-0.1, -0.05) is 0 Å². The minimum Gasteiger partial charge on any atom is -0.381 e. The second kappa shape index (κ2) is 5.91. The van der Waals surface area contributed by atoms with E-state index >= 15 is 0 Å². The quantitative estimate of drug-likeness (QED) is 0.872. The van der Waals surface area contributed by atoms with Crippen LogP contribution < -0.4 is 5.32 Å². The Morgan fingerprint density at radius 1 is 1.50 bits per heavy atom. The summed E-state index contributed by atoms with van der Waals surface area (Å²) in [5, 5.41) is 2.90. The van der Waals surface area contributed by atoms with Crippen molar-refractivity contribution in [3.8, 4) is 0 Å². The molecule has 0 unspecified atom stereocenters. The van der Waals surface area contributed by atoms with Gasteiger partial charge in [-0.3, -0.25) is 4.79 Å². The Hall–Kier alpha value is -1.49. The van der Waals surface area contributed by atoms with E-state index in [0.717, 1.165) is 31.7 Å². The number of rotatable bonds is 4. The molecule has 1 amide bonds. The molecule has 0 aromatic carbocycles. The predicted molar refractivity (Wildman–Crippen MR) is 67.4 cm³/mol. The van der Waals surface area contributed by atoms with Crippen LogP contribution in [0.4, 0.5) is 0 Å². The number of nitrogens with one attached hydrogen (secondary N) is 1. The normalized spacial score (nSPS) is 18.9. The van der Waals surface area contributed by atoms with Crippen LogP contribution in [-0.4, -0.2) is 35.6 Å². The van der Waals surface area contributed by atoms with Crippen LogP contribution in [0.5, 0.6) is 0 Å². The Labute approximate surface area is 107 Å². The highest BCUT2D eigenvalue weighted by Crippen LogP contribution is 2.15. The molecular weight excluding hydrogens is 230 g/mol. The maximum absolute atomic E-state index is 11.9. The number of amides is 1. The van der Waals surface area contributed by atoms with Crippen molar-refractivity contribution < 1.29 is 9.53 Å². The Bertz CT molecular complexity index is 408. The highest BCUT2D eigenvalue weighted by molar-refractivity contribution is 5.92. The van der Waals surface area contributed by atoms with Gasteiger partial charge in [0, 0.05) is 25.5 Å². The zero-order valence-electron chi connectivity index (χ0n) is 10.9. The van der Waals surface area contributed by atoms with Crippen LogP contribution in [0.1, 0.15) is 34.8 Å². The van der Waals surface area contributed by atoms with Gasteiger partial charge >= 0.3 is 0 Å². The first kappa shape index (κ1) is 13.0. The molecule has 5 nitrogen and oxygen atoms in total. The van der Waals surface area contributed by atoms with E-state index < -0.39 is 0 Å². The van der Waals surface area contributed by atoms with Crippen molar-refractivity contribution >= 4 is 5.91 Å². The number of hydrogen-bond acceptors (Lipinski definition) is 4. The molecule has 18 heavy (non-hydrogen) atoms. The number of carbonyl (C=O) groups excluding carboxylic acids is 1. The Morgan fingerprint density at radius 2 is 2.33 bits per heavy atom. The zero-order valence-corrected chi connectivity index (χ0v) is 10.9. The predicted octanol–water partition coefficient (Wildman–Crippen LogP) is 1.25. The summed E-state index contributed by atoms with van der Waals surface area (Å²) in [6, 6.07) is 1.71. The van der Waals surface area contributed by atoms with Gasteiger partial charge in [-0.2, -0.15) is 0 Å². The highest BCUT2D eigenvalue weighted by Gasteiger charge is 2.16. The molecule has 1 atom stereocenters. The number of hydrogen-bond donors (Lipinski definition) is 1. The van der Waals surface area contributed by atoms with E-state index in [-0.39, 0.29) is 5.91 Å². The van der Waals surface area contributed by atoms with E-state index in [1.165, 1.54) is 0 Å². The van der Waals surface area contributed by atoms with Gasteiger partial charge in [0.05, 0.1) is 0 Å². The third-order valence-electron chi connectivity index (χ3n) is 3.06. The van der Waals surface area contributed by atoms with Crippen molar-refractivity contribution in [1.29, 1.82) is 0 Å². The smallest absolute Gasteiger partial charge is 0.270 e. The molecule has 1 N–H and O–H groups in total. The molecule has 0 radical (unpaired) electrons. The Balaban J connectivity index is 1.83. The Kier molecular flexibility index (Phi) is 4.25. The summed E-state index contributed by atoms with van der Waals surface area (Å²) in [7, 11) is 0. The third kappa shape index (κ3) is 3.50. The summed E-state index contributed by atoms with van der Waals surface area (Å²) < 4.78 is 5.30. The van der Waals surface area contributed by atoms with E-state index in [1.807, 2.05) is 6.92 Å². The standard InChI is InChI=1S/C13H19N3O2/c1-9-7-12(16-10(2)15-9)13(17)14-5-3-11-4-6-18-8-11/h7,11H,3-6,8H2,1-2H3,(H,14,17)/t11-/m1/s1. The summed E-state index contributed by atoms with van der Waals surface area (Å²) >= 11 is 0.